The van der Waals surface area contributed by atoms with E-state index >= 15 is 0 Å². The maximum absolute atomic E-state index is 12.1. The van der Waals surface area contributed by atoms with Gasteiger partial charge in [-0.1, -0.05) is 37.2 Å². The van der Waals surface area contributed by atoms with Gasteiger partial charge in [0.1, 0.15) is 0 Å². The van der Waals surface area contributed by atoms with E-state index in [4.69, 9.17) is 0 Å². The Morgan fingerprint density at radius 2 is 2.07 bits per heavy atom. The van der Waals surface area contributed by atoms with Gasteiger partial charge in [0.2, 0.25) is 5.16 Å². The third-order valence-electron chi connectivity index (χ3n) is 4.15. The number of thiazole rings is 1. The van der Waals surface area contributed by atoms with Crippen molar-refractivity contribution in [3.8, 4) is 5.69 Å². The lowest BCUT2D eigenvalue weighted by Crippen LogP contribution is -2.12. The molecule has 0 aliphatic carbocycles. The Bertz CT molecular complexity index is 1100. The highest BCUT2D eigenvalue weighted by Crippen LogP contribution is 2.22. The first-order valence-electron chi connectivity index (χ1n) is 8.71. The zero-order chi connectivity index (χ0) is 18.6. The predicted octanol–water partition coefficient (Wildman–Crippen LogP) is 3.37. The van der Waals surface area contributed by atoms with Crippen LogP contribution in [0.25, 0.3) is 10.6 Å². The summed E-state index contributed by atoms with van der Waals surface area (Å²) in [7, 11) is 0. The van der Waals surface area contributed by atoms with E-state index in [2.05, 4.69) is 39.6 Å². The second-order valence-electron chi connectivity index (χ2n) is 6.07. The van der Waals surface area contributed by atoms with Gasteiger partial charge in [-0.15, -0.1) is 16.4 Å². The molecule has 1 aromatic carbocycles. The lowest BCUT2D eigenvalue weighted by Gasteiger charge is -2.06. The quantitative estimate of drug-likeness (QED) is 0.444. The number of benzene rings is 1. The van der Waals surface area contributed by atoms with Crippen LogP contribution in [0, 0.1) is 0 Å². The topological polar surface area (TPSA) is 78.0 Å². The fourth-order valence-corrected chi connectivity index (χ4v) is 4.24. The Balaban J connectivity index is 1.50. The van der Waals surface area contributed by atoms with Crippen LogP contribution in [0.5, 0.6) is 0 Å². The molecule has 0 atom stereocenters. The van der Waals surface area contributed by atoms with E-state index in [-0.39, 0.29) is 5.56 Å². The van der Waals surface area contributed by atoms with Crippen LogP contribution in [-0.2, 0) is 12.2 Å². The number of fused-ring (bicyclic) bond motifs is 1. The zero-order valence-electron chi connectivity index (χ0n) is 14.8. The molecule has 0 amide bonds. The van der Waals surface area contributed by atoms with Crippen molar-refractivity contribution in [3.63, 3.8) is 0 Å². The molecule has 0 unspecified atom stereocenters. The number of rotatable bonds is 7. The fourth-order valence-electron chi connectivity index (χ4n) is 2.72. The van der Waals surface area contributed by atoms with Gasteiger partial charge in [-0.2, -0.15) is 4.68 Å². The summed E-state index contributed by atoms with van der Waals surface area (Å²) >= 11 is 2.90. The van der Waals surface area contributed by atoms with Gasteiger partial charge >= 0.3 is 0 Å². The molecule has 0 radical (unpaired) electrons. The van der Waals surface area contributed by atoms with Crippen molar-refractivity contribution < 1.29 is 0 Å². The van der Waals surface area contributed by atoms with Gasteiger partial charge in [0.05, 0.1) is 11.4 Å². The van der Waals surface area contributed by atoms with Gasteiger partial charge in [-0.05, 0) is 41.0 Å². The summed E-state index contributed by atoms with van der Waals surface area (Å²) in [6.45, 7) is 2.19. The summed E-state index contributed by atoms with van der Waals surface area (Å²) in [6, 6.07) is 9.87. The fraction of sp³-hybridized carbons (Fsp3) is 0.278. The van der Waals surface area contributed by atoms with Crippen molar-refractivity contribution in [2.75, 3.05) is 0 Å². The average molecular weight is 399 g/mol. The molecule has 4 aromatic rings. The van der Waals surface area contributed by atoms with Crippen LogP contribution in [-0.4, -0.2) is 29.6 Å². The van der Waals surface area contributed by atoms with E-state index in [9.17, 15) is 4.79 Å². The van der Waals surface area contributed by atoms with Crippen molar-refractivity contribution in [1.29, 1.82) is 0 Å². The van der Waals surface area contributed by atoms with Crippen molar-refractivity contribution in [1.82, 2.24) is 29.6 Å². The number of aryl methyl sites for hydroxylation is 1. The molecule has 0 saturated heterocycles. The molecule has 0 saturated carbocycles. The standard InChI is InChI=1S/C18H18N6OS2/c1-2-3-4-13-5-7-15(8-6-13)24-18(20-21-22-24)27-12-14-11-16(25)23-9-10-26-17(23)19-14/h5-11H,2-4,12H2,1H3. The Kier molecular flexibility index (Phi) is 5.30. The molecular formula is C18H18N6OS2. The highest BCUT2D eigenvalue weighted by Gasteiger charge is 2.11. The lowest BCUT2D eigenvalue weighted by molar-refractivity contribution is 0.753. The molecule has 0 fully saturated rings. The molecule has 7 nitrogen and oxygen atoms in total. The summed E-state index contributed by atoms with van der Waals surface area (Å²) < 4.78 is 3.26. The molecule has 0 bridgehead atoms. The number of hydrogen-bond donors (Lipinski definition) is 0. The average Bonchev–Trinajstić information content (AvgIpc) is 3.34. The number of nitrogens with zero attached hydrogens (tertiary/aromatic N) is 6. The van der Waals surface area contributed by atoms with E-state index in [1.165, 1.54) is 41.5 Å². The lowest BCUT2D eigenvalue weighted by atomic mass is 10.1. The van der Waals surface area contributed by atoms with Crippen LogP contribution < -0.4 is 5.56 Å². The minimum Gasteiger partial charge on any atom is -0.269 e. The first-order chi connectivity index (χ1) is 13.2. The van der Waals surface area contributed by atoms with Gasteiger partial charge in [0, 0.05) is 23.4 Å². The largest absolute Gasteiger partial charge is 0.269 e. The van der Waals surface area contributed by atoms with Crippen LogP contribution in [0.2, 0.25) is 0 Å². The van der Waals surface area contributed by atoms with Gasteiger partial charge < -0.3 is 0 Å². The van der Waals surface area contributed by atoms with Crippen molar-refractivity contribution in [2.24, 2.45) is 0 Å². The SMILES string of the molecule is CCCCc1ccc(-n2nnnc2SCc2cc(=O)n3ccsc3n2)cc1. The third kappa shape index (κ3) is 3.93. The molecule has 138 valence electrons. The zero-order valence-corrected chi connectivity index (χ0v) is 16.4. The van der Waals surface area contributed by atoms with Crippen LogP contribution in [0.4, 0.5) is 0 Å². The summed E-state index contributed by atoms with van der Waals surface area (Å²) in [5.41, 5.74) is 2.89. The summed E-state index contributed by atoms with van der Waals surface area (Å²) in [6.07, 6.45) is 5.19. The first kappa shape index (κ1) is 17.9. The molecule has 0 aliphatic heterocycles. The van der Waals surface area contributed by atoms with E-state index in [1.807, 2.05) is 17.5 Å². The third-order valence-corrected chi connectivity index (χ3v) is 5.86. The highest BCUT2D eigenvalue weighted by atomic mass is 32.2. The normalized spacial score (nSPS) is 11.3. The molecular weight excluding hydrogens is 380 g/mol. The second-order valence-corrected chi connectivity index (χ2v) is 7.89. The molecule has 9 heteroatoms. The smallest absolute Gasteiger partial charge is 0.258 e. The first-order valence-corrected chi connectivity index (χ1v) is 10.6. The molecule has 3 heterocycles. The van der Waals surface area contributed by atoms with Crippen LogP contribution in [0.3, 0.4) is 0 Å². The number of unbranched alkanes of at least 4 members (excludes halogenated alkanes) is 1. The number of aromatic nitrogens is 6. The van der Waals surface area contributed by atoms with E-state index in [1.54, 1.807) is 21.3 Å². The van der Waals surface area contributed by atoms with Crippen molar-refractivity contribution >= 4 is 28.1 Å². The van der Waals surface area contributed by atoms with Gasteiger partial charge in [-0.25, -0.2) is 4.98 Å². The Labute approximate surface area is 164 Å². The van der Waals surface area contributed by atoms with Crippen LogP contribution >= 0.6 is 23.1 Å². The molecule has 3 aromatic heterocycles. The maximum Gasteiger partial charge on any atom is 0.258 e. The highest BCUT2D eigenvalue weighted by molar-refractivity contribution is 7.98. The number of tetrazole rings is 1. The summed E-state index contributed by atoms with van der Waals surface area (Å²) in [4.78, 5) is 17.3. The molecule has 0 spiro atoms. The number of thioether (sulfide) groups is 1. The van der Waals surface area contributed by atoms with Gasteiger partial charge in [-0.3, -0.25) is 9.20 Å². The van der Waals surface area contributed by atoms with Crippen molar-refractivity contribution in [3.05, 3.63) is 63.5 Å². The van der Waals surface area contributed by atoms with Crippen molar-refractivity contribution in [2.45, 2.75) is 37.1 Å². The monoisotopic (exact) mass is 398 g/mol. The van der Waals surface area contributed by atoms with Crippen LogP contribution in [0.1, 0.15) is 31.0 Å². The molecule has 4 rings (SSSR count). The summed E-state index contributed by atoms with van der Waals surface area (Å²) in [5, 5.41) is 14.5. The van der Waals surface area contributed by atoms with Gasteiger partial charge in [0.15, 0.2) is 4.96 Å². The Morgan fingerprint density at radius 3 is 2.89 bits per heavy atom. The van der Waals surface area contributed by atoms with E-state index < -0.39 is 0 Å². The van der Waals surface area contributed by atoms with E-state index in [0.717, 1.165) is 17.8 Å². The molecule has 0 N–H and O–H groups in total. The van der Waals surface area contributed by atoms with Gasteiger partial charge in [0.25, 0.3) is 5.56 Å². The minimum absolute atomic E-state index is 0.0703. The molecule has 27 heavy (non-hydrogen) atoms. The Morgan fingerprint density at radius 1 is 1.22 bits per heavy atom. The predicted molar refractivity (Wildman–Crippen MR) is 107 cm³/mol. The van der Waals surface area contributed by atoms with E-state index in [0.29, 0.717) is 15.9 Å². The minimum atomic E-state index is -0.0703. The number of hydrogen-bond acceptors (Lipinski definition) is 7. The van der Waals surface area contributed by atoms with Crippen LogP contribution in [0.15, 0.2) is 51.9 Å². The second kappa shape index (κ2) is 8.01. The Hall–Kier alpha value is -2.52. The molecule has 0 aliphatic rings. The summed E-state index contributed by atoms with van der Waals surface area (Å²) in [5.74, 6) is 0.526. The maximum atomic E-state index is 12.1.